The number of hydrogen-bond acceptors (Lipinski definition) is 4. The van der Waals surface area contributed by atoms with Gasteiger partial charge in [-0.3, -0.25) is 0 Å². The Balaban J connectivity index is 1.96. The van der Waals surface area contributed by atoms with Crippen molar-refractivity contribution in [2.75, 3.05) is 11.1 Å². The monoisotopic (exact) mass is 277 g/mol. The Labute approximate surface area is 113 Å². The van der Waals surface area contributed by atoms with Gasteiger partial charge in [-0.15, -0.1) is 0 Å². The second-order valence-corrected chi connectivity index (χ2v) is 4.40. The van der Waals surface area contributed by atoms with E-state index in [1.807, 2.05) is 0 Å². The molecule has 0 saturated heterocycles. The molecular formula is C13H9ClFN3O. The number of benzene rings is 2. The van der Waals surface area contributed by atoms with E-state index in [1.54, 1.807) is 18.2 Å². The molecule has 3 rings (SSSR count). The maximum Gasteiger partial charge on any atom is 0.300 e. The SMILES string of the molecule is Nc1ccc2nc(Nc3ccc(F)cc3Cl)oc2c1. The quantitative estimate of drug-likeness (QED) is 0.696. The molecule has 0 radical (unpaired) electrons. The van der Waals surface area contributed by atoms with Crippen molar-refractivity contribution in [2.24, 2.45) is 0 Å². The Morgan fingerprint density at radius 3 is 2.84 bits per heavy atom. The van der Waals surface area contributed by atoms with Crippen LogP contribution >= 0.6 is 11.6 Å². The molecule has 4 nitrogen and oxygen atoms in total. The summed E-state index contributed by atoms with van der Waals surface area (Å²) in [6.45, 7) is 0. The van der Waals surface area contributed by atoms with Crippen LogP contribution < -0.4 is 11.1 Å². The minimum atomic E-state index is -0.402. The average Bonchev–Trinajstić information content (AvgIpc) is 2.74. The maximum absolute atomic E-state index is 12.9. The molecule has 0 bridgehead atoms. The van der Waals surface area contributed by atoms with Gasteiger partial charge < -0.3 is 15.5 Å². The van der Waals surface area contributed by atoms with Gasteiger partial charge in [0.15, 0.2) is 5.58 Å². The van der Waals surface area contributed by atoms with Crippen molar-refractivity contribution in [3.05, 3.63) is 47.2 Å². The molecule has 0 atom stereocenters. The Morgan fingerprint density at radius 1 is 1.21 bits per heavy atom. The molecule has 0 aliphatic carbocycles. The standard InChI is InChI=1S/C13H9ClFN3O/c14-9-5-7(15)1-3-10(9)17-13-18-11-4-2-8(16)6-12(11)19-13/h1-6H,16H2,(H,17,18). The summed E-state index contributed by atoms with van der Waals surface area (Å²) in [5, 5.41) is 3.14. The van der Waals surface area contributed by atoms with Crippen molar-refractivity contribution in [3.8, 4) is 0 Å². The van der Waals surface area contributed by atoms with Crippen LogP contribution in [0, 0.1) is 5.82 Å². The predicted molar refractivity (Wildman–Crippen MR) is 73.1 cm³/mol. The number of hydrogen-bond donors (Lipinski definition) is 2. The number of nitrogens with one attached hydrogen (secondary N) is 1. The van der Waals surface area contributed by atoms with Gasteiger partial charge in [-0.1, -0.05) is 11.6 Å². The van der Waals surface area contributed by atoms with Gasteiger partial charge in [-0.25, -0.2) is 4.39 Å². The zero-order chi connectivity index (χ0) is 13.4. The summed E-state index contributed by atoms with van der Waals surface area (Å²) in [4.78, 5) is 4.23. The Bertz CT molecular complexity index is 757. The summed E-state index contributed by atoms with van der Waals surface area (Å²) < 4.78 is 18.4. The van der Waals surface area contributed by atoms with Gasteiger partial charge in [0.2, 0.25) is 0 Å². The Hall–Kier alpha value is -2.27. The maximum atomic E-state index is 12.9. The van der Waals surface area contributed by atoms with Gasteiger partial charge in [0.05, 0.1) is 10.7 Å². The van der Waals surface area contributed by atoms with Crippen molar-refractivity contribution in [3.63, 3.8) is 0 Å². The molecule has 0 aliphatic heterocycles. The minimum Gasteiger partial charge on any atom is -0.423 e. The van der Waals surface area contributed by atoms with Crippen LogP contribution in [0.3, 0.4) is 0 Å². The number of halogens is 2. The lowest BCUT2D eigenvalue weighted by atomic mass is 10.3. The van der Waals surface area contributed by atoms with E-state index in [0.717, 1.165) is 0 Å². The van der Waals surface area contributed by atoms with Crippen LogP contribution in [0.25, 0.3) is 11.1 Å². The molecule has 0 amide bonds. The molecule has 19 heavy (non-hydrogen) atoms. The lowest BCUT2D eigenvalue weighted by Gasteiger charge is -2.03. The molecule has 1 heterocycles. The summed E-state index contributed by atoms with van der Waals surface area (Å²) in [5.41, 5.74) is 8.01. The van der Waals surface area contributed by atoms with E-state index < -0.39 is 5.82 Å². The molecule has 1 aromatic heterocycles. The molecule has 0 aliphatic rings. The van der Waals surface area contributed by atoms with Crippen molar-refractivity contribution in [1.29, 1.82) is 0 Å². The summed E-state index contributed by atoms with van der Waals surface area (Å²) in [7, 11) is 0. The van der Waals surface area contributed by atoms with Crippen LogP contribution in [-0.4, -0.2) is 4.98 Å². The van der Waals surface area contributed by atoms with Gasteiger partial charge in [0.25, 0.3) is 6.01 Å². The Kier molecular flexibility index (Phi) is 2.76. The molecule has 3 aromatic rings. The zero-order valence-electron chi connectivity index (χ0n) is 9.65. The van der Waals surface area contributed by atoms with Crippen LogP contribution in [0.4, 0.5) is 21.8 Å². The molecule has 0 fully saturated rings. The number of anilines is 3. The van der Waals surface area contributed by atoms with E-state index in [4.69, 9.17) is 21.8 Å². The fourth-order valence-electron chi connectivity index (χ4n) is 1.70. The van der Waals surface area contributed by atoms with Crippen LogP contribution in [0.15, 0.2) is 40.8 Å². The van der Waals surface area contributed by atoms with Crippen molar-refractivity contribution < 1.29 is 8.81 Å². The number of rotatable bonds is 2. The van der Waals surface area contributed by atoms with Gasteiger partial charge in [-0.2, -0.15) is 4.98 Å². The van der Waals surface area contributed by atoms with Gasteiger partial charge >= 0.3 is 0 Å². The molecule has 6 heteroatoms. The minimum absolute atomic E-state index is 0.252. The first-order valence-corrected chi connectivity index (χ1v) is 5.88. The fourth-order valence-corrected chi connectivity index (χ4v) is 1.92. The smallest absolute Gasteiger partial charge is 0.300 e. The van der Waals surface area contributed by atoms with Gasteiger partial charge in [-0.05, 0) is 30.3 Å². The predicted octanol–water partition coefficient (Wildman–Crippen LogP) is 3.95. The second-order valence-electron chi connectivity index (χ2n) is 4.00. The van der Waals surface area contributed by atoms with E-state index in [2.05, 4.69) is 10.3 Å². The number of nitrogen functional groups attached to an aromatic ring is 1. The number of nitrogens with two attached hydrogens (primary N) is 1. The van der Waals surface area contributed by atoms with Gasteiger partial charge in [0, 0.05) is 11.8 Å². The number of nitrogens with zero attached hydrogens (tertiary/aromatic N) is 1. The van der Waals surface area contributed by atoms with Crippen molar-refractivity contribution in [1.82, 2.24) is 4.98 Å². The summed E-state index contributed by atoms with van der Waals surface area (Å²) in [5.74, 6) is -0.402. The normalized spacial score (nSPS) is 10.8. The van der Waals surface area contributed by atoms with Crippen molar-refractivity contribution >= 4 is 40.1 Å². The molecule has 0 saturated carbocycles. The summed E-state index contributed by atoms with van der Waals surface area (Å²) >= 11 is 5.91. The van der Waals surface area contributed by atoms with E-state index in [1.165, 1.54) is 18.2 Å². The number of aromatic nitrogens is 1. The molecular weight excluding hydrogens is 269 g/mol. The lowest BCUT2D eigenvalue weighted by Crippen LogP contribution is -1.91. The molecule has 0 unspecified atom stereocenters. The van der Waals surface area contributed by atoms with E-state index in [9.17, 15) is 4.39 Å². The largest absolute Gasteiger partial charge is 0.423 e. The average molecular weight is 278 g/mol. The highest BCUT2D eigenvalue weighted by Crippen LogP contribution is 2.28. The van der Waals surface area contributed by atoms with Crippen LogP contribution in [-0.2, 0) is 0 Å². The van der Waals surface area contributed by atoms with E-state index in [0.29, 0.717) is 22.5 Å². The second kappa shape index (κ2) is 4.44. The molecule has 96 valence electrons. The number of fused-ring (bicyclic) bond motifs is 1. The number of oxazole rings is 1. The van der Waals surface area contributed by atoms with Crippen molar-refractivity contribution in [2.45, 2.75) is 0 Å². The van der Waals surface area contributed by atoms with Gasteiger partial charge in [0.1, 0.15) is 11.3 Å². The zero-order valence-corrected chi connectivity index (χ0v) is 10.4. The summed E-state index contributed by atoms with van der Waals surface area (Å²) in [6.07, 6.45) is 0. The highest BCUT2D eigenvalue weighted by Gasteiger charge is 2.08. The highest BCUT2D eigenvalue weighted by molar-refractivity contribution is 6.33. The lowest BCUT2D eigenvalue weighted by molar-refractivity contribution is 0.621. The fraction of sp³-hybridized carbons (Fsp3) is 0. The van der Waals surface area contributed by atoms with E-state index in [-0.39, 0.29) is 11.0 Å². The third-order valence-corrected chi connectivity index (χ3v) is 2.90. The van der Waals surface area contributed by atoms with Crippen LogP contribution in [0.2, 0.25) is 5.02 Å². The highest BCUT2D eigenvalue weighted by atomic mass is 35.5. The first-order chi connectivity index (χ1) is 9.11. The third-order valence-electron chi connectivity index (χ3n) is 2.59. The molecule has 0 spiro atoms. The summed E-state index contributed by atoms with van der Waals surface area (Å²) in [6, 6.07) is 9.47. The Morgan fingerprint density at radius 2 is 2.05 bits per heavy atom. The molecule has 2 aromatic carbocycles. The topological polar surface area (TPSA) is 64.1 Å². The molecule has 3 N–H and O–H groups in total. The van der Waals surface area contributed by atoms with E-state index >= 15 is 0 Å². The third kappa shape index (κ3) is 2.32. The first-order valence-electron chi connectivity index (χ1n) is 5.50. The first kappa shape index (κ1) is 11.8. The van der Waals surface area contributed by atoms with Crippen LogP contribution in [0.1, 0.15) is 0 Å². The van der Waals surface area contributed by atoms with Crippen LogP contribution in [0.5, 0.6) is 0 Å².